The molecule has 3 fully saturated rings. The fourth-order valence-corrected chi connectivity index (χ4v) is 5.02. The number of rotatable bonds is 8. The third-order valence-corrected chi connectivity index (χ3v) is 7.41. The maximum absolute atomic E-state index is 11.9. The first kappa shape index (κ1) is 54.0. The molecule has 12 nitrogen and oxygen atoms in total. The van der Waals surface area contributed by atoms with Gasteiger partial charge in [-0.3, -0.25) is 9.59 Å². The molecule has 0 aliphatic carbocycles. The first-order valence-corrected chi connectivity index (χ1v) is 15.2. The molecule has 0 aromatic heterocycles. The molecule has 0 bridgehead atoms. The number of carbonyl (C=O) groups excluding carboxylic acids is 2. The van der Waals surface area contributed by atoms with Crippen molar-refractivity contribution in [2.24, 2.45) is 17.8 Å². The van der Waals surface area contributed by atoms with E-state index in [9.17, 15) is 9.59 Å². The van der Waals surface area contributed by atoms with Gasteiger partial charge >= 0.3 is 0 Å². The maximum atomic E-state index is 11.9. The minimum atomic E-state index is 0. The first-order valence-electron chi connectivity index (χ1n) is 14.4. The van der Waals surface area contributed by atoms with Gasteiger partial charge in [0, 0.05) is 74.9 Å². The van der Waals surface area contributed by atoms with Gasteiger partial charge in [0.2, 0.25) is 11.8 Å². The van der Waals surface area contributed by atoms with Crippen molar-refractivity contribution in [1.82, 2.24) is 10.6 Å². The quantitative estimate of drug-likeness (QED) is 0.200. The Morgan fingerprint density at radius 2 is 1.11 bits per heavy atom. The smallest absolute Gasteiger partial charge is 0.246 e. The average Bonchev–Trinajstić information content (AvgIpc) is 3.00. The summed E-state index contributed by atoms with van der Waals surface area (Å²) in [5, 5.41) is 40.2. The molecule has 269 valence electrons. The number of isothiocyanates is 2. The van der Waals surface area contributed by atoms with Crippen molar-refractivity contribution >= 4 is 46.6 Å². The van der Waals surface area contributed by atoms with Gasteiger partial charge in [0.1, 0.15) is 0 Å². The zero-order chi connectivity index (χ0) is 29.3. The Kier molecular flexibility index (Phi) is 45.6. The SMILES string of the molecule is O=C(NCCC1CC[N-]CC1)C1=CC[N-]CC1.O=C(NCCC1CC[N-]CC1)C1CC[N-]CC1.[Co].[Co].[Co].[N-]=C=S.[N-]=C=S.[NH2-].[NH2-]. The molecule has 2 amide bonds. The predicted octanol–water partition coefficient (Wildman–Crippen LogP) is 6.78. The molecule has 0 aromatic rings. The van der Waals surface area contributed by atoms with E-state index in [1.54, 1.807) is 0 Å². The number of piperidine rings is 3. The molecule has 0 unspecified atom stereocenters. The van der Waals surface area contributed by atoms with Crippen LogP contribution in [0.4, 0.5) is 0 Å². The van der Waals surface area contributed by atoms with Crippen molar-refractivity contribution in [3.05, 3.63) is 56.0 Å². The van der Waals surface area contributed by atoms with Crippen molar-refractivity contribution in [3.8, 4) is 0 Å². The Morgan fingerprint density at radius 3 is 1.51 bits per heavy atom. The predicted molar refractivity (Wildman–Crippen MR) is 181 cm³/mol. The fraction of sp³-hybridized carbons (Fsp3) is 0.786. The molecular weight excluding hydrogens is 749 g/mol. The normalized spacial score (nSPS) is 17.6. The van der Waals surface area contributed by atoms with Gasteiger partial charge in [0.15, 0.2) is 0 Å². The van der Waals surface area contributed by atoms with Crippen LogP contribution in [0.3, 0.4) is 0 Å². The van der Waals surface area contributed by atoms with Crippen LogP contribution in [0.5, 0.6) is 0 Å². The fourth-order valence-electron chi connectivity index (χ4n) is 5.02. The van der Waals surface area contributed by atoms with E-state index in [1.165, 1.54) is 36.0 Å². The summed E-state index contributed by atoms with van der Waals surface area (Å²) in [5.41, 5.74) is 0.915. The van der Waals surface area contributed by atoms with E-state index in [0.717, 1.165) is 108 Å². The number of carbonyl (C=O) groups is 2. The monoisotopic (exact) mass is 797 g/mol. The third kappa shape index (κ3) is 28.3. The number of thiocarbonyl (C=S) groups is 2. The third-order valence-electron chi connectivity index (χ3n) is 7.41. The molecule has 6 N–H and O–H groups in total. The minimum absolute atomic E-state index is 0. The molecule has 3 radical (unpaired) electrons. The van der Waals surface area contributed by atoms with Gasteiger partial charge in [0.25, 0.3) is 0 Å². The first-order chi connectivity index (χ1) is 19.5. The van der Waals surface area contributed by atoms with Gasteiger partial charge in [-0.25, -0.2) is 0 Å². The van der Waals surface area contributed by atoms with Crippen molar-refractivity contribution in [3.63, 3.8) is 0 Å². The number of hydrogen-bond acceptors (Lipinski definition) is 4. The molecule has 0 spiro atoms. The molecule has 45 heavy (non-hydrogen) atoms. The standard InChI is InChI=1S/C13H23N3O.C13H21N3O.2CNS.3Co.2H2N/c2*17-13(12-4-8-15-9-5-12)16-10-3-11-1-6-14-7-2-11;2*2-1-3;;;;;/h11-12H,1-10H2,(H,16,17);4,11H,1-3,5-10H2,(H,16,17);;;;;;2*1H2/q2*-2;2*-1;;;;2*-1. The van der Waals surface area contributed by atoms with Crippen LogP contribution in [0, 0.1) is 17.8 Å². The molecule has 0 saturated carbocycles. The zero-order valence-corrected chi connectivity index (χ0v) is 30.5. The largest absolute Gasteiger partial charge is 0.753 e. The molecule has 17 heteroatoms. The van der Waals surface area contributed by atoms with E-state index in [4.69, 9.17) is 10.8 Å². The molecule has 3 saturated heterocycles. The van der Waals surface area contributed by atoms with E-state index >= 15 is 0 Å². The van der Waals surface area contributed by atoms with Crippen molar-refractivity contribution in [2.75, 3.05) is 65.4 Å². The molecule has 4 rings (SSSR count). The van der Waals surface area contributed by atoms with Crippen LogP contribution in [0.25, 0.3) is 44.4 Å². The second-order valence-electron chi connectivity index (χ2n) is 10.1. The van der Waals surface area contributed by atoms with Crippen LogP contribution >= 0.6 is 24.4 Å². The molecule has 0 atom stereocenters. The van der Waals surface area contributed by atoms with Crippen molar-refractivity contribution < 1.29 is 59.9 Å². The molecule has 0 aromatic carbocycles. The zero-order valence-electron chi connectivity index (χ0n) is 25.7. The summed E-state index contributed by atoms with van der Waals surface area (Å²) in [4.78, 5) is 23.7. The van der Waals surface area contributed by atoms with Crippen LogP contribution in [0.1, 0.15) is 57.8 Å². The van der Waals surface area contributed by atoms with E-state index in [1.807, 2.05) is 6.08 Å². The summed E-state index contributed by atoms with van der Waals surface area (Å²) in [7, 11) is 0. The Bertz CT molecular complexity index is 804. The number of nitrogens with two attached hydrogens (primary N) is 2. The van der Waals surface area contributed by atoms with Gasteiger partial charge < -0.3 is 55.0 Å². The van der Waals surface area contributed by atoms with Crippen molar-refractivity contribution in [2.45, 2.75) is 57.8 Å². The molecule has 4 aliphatic heterocycles. The Labute approximate surface area is 312 Å². The van der Waals surface area contributed by atoms with Crippen LogP contribution in [-0.4, -0.2) is 87.6 Å². The van der Waals surface area contributed by atoms with Crippen LogP contribution in [-0.2, 0) is 59.9 Å². The summed E-state index contributed by atoms with van der Waals surface area (Å²) in [6.07, 6.45) is 11.6. The van der Waals surface area contributed by atoms with E-state index < -0.39 is 0 Å². The van der Waals surface area contributed by atoms with Gasteiger partial charge in [-0.1, -0.05) is 69.0 Å². The van der Waals surface area contributed by atoms with Crippen molar-refractivity contribution in [1.29, 1.82) is 0 Å². The topological polar surface area (TPSA) is 226 Å². The van der Waals surface area contributed by atoms with Crippen LogP contribution < -0.4 is 10.6 Å². The van der Waals surface area contributed by atoms with E-state index in [0.29, 0.717) is 6.54 Å². The molecule has 4 aliphatic rings. The number of hydrogen-bond donors (Lipinski definition) is 2. The van der Waals surface area contributed by atoms with Gasteiger partial charge in [-0.2, -0.15) is 10.3 Å². The summed E-state index contributed by atoms with van der Waals surface area (Å²) in [5.74, 6) is 2.10. The Balaban J connectivity index is -0.000000184. The number of nitrogens with one attached hydrogen (secondary N) is 2. The molecular formula is C28H48Co3N10O2S2-8. The summed E-state index contributed by atoms with van der Waals surface area (Å²) >= 11 is 7.40. The second-order valence-corrected chi connectivity index (χ2v) is 10.5. The summed E-state index contributed by atoms with van der Waals surface area (Å²) < 4.78 is 0. The molecule has 4 heterocycles. The Morgan fingerprint density at radius 1 is 0.711 bits per heavy atom. The van der Waals surface area contributed by atoms with E-state index in [-0.39, 0.29) is 80.4 Å². The van der Waals surface area contributed by atoms with Gasteiger partial charge in [0.05, 0.1) is 0 Å². The summed E-state index contributed by atoms with van der Waals surface area (Å²) in [6, 6.07) is 0. The summed E-state index contributed by atoms with van der Waals surface area (Å²) in [6.45, 7) is 8.91. The Hall–Kier alpha value is -0.441. The van der Waals surface area contributed by atoms with Gasteiger partial charge in [-0.05, 0) is 31.1 Å². The number of nitrogens with zero attached hydrogens (tertiary/aromatic N) is 6. The van der Waals surface area contributed by atoms with Crippen LogP contribution in [0.15, 0.2) is 11.6 Å². The second kappa shape index (κ2) is 38.0. The maximum Gasteiger partial charge on any atom is 0.246 e. The average molecular weight is 798 g/mol. The van der Waals surface area contributed by atoms with Gasteiger partial charge in [-0.15, -0.1) is 52.4 Å². The number of amides is 2. The minimum Gasteiger partial charge on any atom is -0.753 e. The van der Waals surface area contributed by atoms with Crippen LogP contribution in [0.2, 0.25) is 0 Å². The van der Waals surface area contributed by atoms with E-state index in [2.05, 4.69) is 56.3 Å².